The summed E-state index contributed by atoms with van der Waals surface area (Å²) in [6.45, 7) is 2.04. The van der Waals surface area contributed by atoms with Gasteiger partial charge in [0, 0.05) is 11.3 Å². The number of halogens is 2. The van der Waals surface area contributed by atoms with E-state index in [0.717, 1.165) is 11.3 Å². The van der Waals surface area contributed by atoms with E-state index in [4.69, 9.17) is 23.2 Å². The molecule has 4 heteroatoms. The number of benzene rings is 1. The summed E-state index contributed by atoms with van der Waals surface area (Å²) in [5.41, 5.74) is 2.75. The smallest absolute Gasteiger partial charge is 0.156 e. The zero-order chi connectivity index (χ0) is 9.42. The summed E-state index contributed by atoms with van der Waals surface area (Å²) in [7, 11) is 0. The minimum atomic E-state index is -0.295. The molecule has 70 valence electrons. The molecular weight excluding hydrogens is 207 g/mol. The number of alkyl halides is 2. The van der Waals surface area contributed by atoms with E-state index in [2.05, 4.69) is 10.6 Å². The summed E-state index contributed by atoms with van der Waals surface area (Å²) in [5, 5.41) is 6.08. The Morgan fingerprint density at radius 2 is 2.08 bits per heavy atom. The van der Waals surface area contributed by atoms with Crippen LogP contribution in [0.15, 0.2) is 18.2 Å². The fourth-order valence-electron chi connectivity index (χ4n) is 1.41. The number of hydrogen-bond donors (Lipinski definition) is 2. The second-order valence-electron chi connectivity index (χ2n) is 3.13. The zero-order valence-electron chi connectivity index (χ0n) is 7.14. The van der Waals surface area contributed by atoms with Crippen molar-refractivity contribution < 1.29 is 0 Å². The van der Waals surface area contributed by atoms with Crippen LogP contribution in [0.25, 0.3) is 0 Å². The van der Waals surface area contributed by atoms with Gasteiger partial charge in [-0.1, -0.05) is 23.7 Å². The van der Waals surface area contributed by atoms with Crippen molar-refractivity contribution in [3.63, 3.8) is 0 Å². The first kappa shape index (κ1) is 9.13. The van der Waals surface area contributed by atoms with Gasteiger partial charge >= 0.3 is 0 Å². The zero-order valence-corrected chi connectivity index (χ0v) is 8.65. The summed E-state index contributed by atoms with van der Waals surface area (Å²) >= 11 is 11.9. The quantitative estimate of drug-likeness (QED) is 0.515. The third-order valence-electron chi connectivity index (χ3n) is 2.06. The first-order valence-corrected chi connectivity index (χ1v) is 4.95. The molecule has 2 N–H and O–H groups in total. The largest absolute Gasteiger partial charge is 0.357 e. The van der Waals surface area contributed by atoms with Crippen LogP contribution in [0.1, 0.15) is 16.6 Å². The lowest BCUT2D eigenvalue weighted by atomic mass is 10.1. The molecule has 1 aliphatic heterocycles. The Balaban J connectivity index is 2.43. The number of rotatable bonds is 0. The Labute approximate surface area is 87.2 Å². The number of hydrogen-bond acceptors (Lipinski definition) is 2. The van der Waals surface area contributed by atoms with Crippen molar-refractivity contribution in [2.24, 2.45) is 0 Å². The molecule has 0 amide bonds. The molecule has 0 saturated heterocycles. The molecule has 0 aromatic heterocycles. The standard InChI is InChI=1S/C9H10Cl2N2/c1-5-2-3-6-7(4-5)12-9(11)13-8(6)10/h2-4,8-9,12-13H,1H3/t8-,9-/m1/s1. The Morgan fingerprint density at radius 1 is 1.31 bits per heavy atom. The average molecular weight is 217 g/mol. The third-order valence-corrected chi connectivity index (χ3v) is 2.65. The highest BCUT2D eigenvalue weighted by Gasteiger charge is 2.21. The molecule has 0 saturated carbocycles. The van der Waals surface area contributed by atoms with Crippen molar-refractivity contribution in [3.05, 3.63) is 29.3 Å². The molecule has 0 bridgehead atoms. The SMILES string of the molecule is Cc1ccc2c(c1)N[C@@H](Cl)N[C@H]2Cl. The minimum absolute atomic E-state index is 0.209. The van der Waals surface area contributed by atoms with E-state index in [1.807, 2.05) is 25.1 Å². The highest BCUT2D eigenvalue weighted by atomic mass is 35.5. The normalized spacial score (nSPS) is 26.4. The van der Waals surface area contributed by atoms with Gasteiger partial charge in [0.1, 0.15) is 5.50 Å². The van der Waals surface area contributed by atoms with Crippen molar-refractivity contribution in [1.82, 2.24) is 5.32 Å². The maximum absolute atomic E-state index is 6.06. The summed E-state index contributed by atoms with van der Waals surface area (Å²) in [6, 6.07) is 6.08. The van der Waals surface area contributed by atoms with E-state index in [9.17, 15) is 0 Å². The molecule has 1 heterocycles. The van der Waals surface area contributed by atoms with Gasteiger partial charge in [-0.3, -0.25) is 5.32 Å². The lowest BCUT2D eigenvalue weighted by Gasteiger charge is -2.28. The molecule has 2 atom stereocenters. The molecule has 0 aliphatic carbocycles. The number of aryl methyl sites for hydroxylation is 1. The lowest BCUT2D eigenvalue weighted by Crippen LogP contribution is -2.37. The summed E-state index contributed by atoms with van der Waals surface area (Å²) in [5.74, 6) is 0. The van der Waals surface area contributed by atoms with E-state index in [1.165, 1.54) is 5.56 Å². The molecule has 0 spiro atoms. The lowest BCUT2D eigenvalue weighted by molar-refractivity contribution is 0.642. The topological polar surface area (TPSA) is 24.1 Å². The molecule has 0 fully saturated rings. The second-order valence-corrected chi connectivity index (χ2v) is 4.00. The van der Waals surface area contributed by atoms with Gasteiger partial charge in [0.25, 0.3) is 0 Å². The van der Waals surface area contributed by atoms with Crippen molar-refractivity contribution in [2.75, 3.05) is 5.32 Å². The van der Waals surface area contributed by atoms with Crippen LogP contribution in [0.5, 0.6) is 0 Å². The van der Waals surface area contributed by atoms with Crippen LogP contribution < -0.4 is 10.6 Å². The van der Waals surface area contributed by atoms with Crippen LogP contribution in [0.3, 0.4) is 0 Å². The van der Waals surface area contributed by atoms with Crippen molar-refractivity contribution in [1.29, 1.82) is 0 Å². The van der Waals surface area contributed by atoms with Gasteiger partial charge in [0.15, 0.2) is 5.62 Å². The van der Waals surface area contributed by atoms with E-state index >= 15 is 0 Å². The maximum Gasteiger partial charge on any atom is 0.156 e. The number of fused-ring (bicyclic) bond motifs is 1. The van der Waals surface area contributed by atoms with E-state index in [1.54, 1.807) is 0 Å². The maximum atomic E-state index is 6.06. The van der Waals surface area contributed by atoms with Gasteiger partial charge in [-0.2, -0.15) is 0 Å². The monoisotopic (exact) mass is 216 g/mol. The van der Waals surface area contributed by atoms with Crippen molar-refractivity contribution in [2.45, 2.75) is 18.0 Å². The van der Waals surface area contributed by atoms with E-state index in [-0.39, 0.29) is 11.1 Å². The highest BCUT2D eigenvalue weighted by Crippen LogP contribution is 2.31. The van der Waals surface area contributed by atoms with Gasteiger partial charge in [0.05, 0.1) is 0 Å². The fraction of sp³-hybridized carbons (Fsp3) is 0.333. The van der Waals surface area contributed by atoms with Crippen LogP contribution in [-0.2, 0) is 0 Å². The molecule has 13 heavy (non-hydrogen) atoms. The summed E-state index contributed by atoms with van der Waals surface area (Å²) < 4.78 is 0. The van der Waals surface area contributed by atoms with Gasteiger partial charge in [-0.05, 0) is 18.6 Å². The molecule has 1 aliphatic rings. The predicted molar refractivity (Wildman–Crippen MR) is 56.2 cm³/mol. The third kappa shape index (κ3) is 1.75. The van der Waals surface area contributed by atoms with E-state index in [0.29, 0.717) is 0 Å². The predicted octanol–water partition coefficient (Wildman–Crippen LogP) is 2.77. The Kier molecular flexibility index (Phi) is 2.37. The van der Waals surface area contributed by atoms with E-state index < -0.39 is 0 Å². The van der Waals surface area contributed by atoms with Crippen LogP contribution in [0.2, 0.25) is 0 Å². The molecular formula is C9H10Cl2N2. The molecule has 0 radical (unpaired) electrons. The molecule has 0 unspecified atom stereocenters. The molecule has 2 rings (SSSR count). The second kappa shape index (κ2) is 3.37. The first-order chi connectivity index (χ1) is 6.16. The van der Waals surface area contributed by atoms with Crippen LogP contribution in [0, 0.1) is 6.92 Å². The molecule has 2 nitrogen and oxygen atoms in total. The fourth-order valence-corrected chi connectivity index (χ4v) is 2.04. The minimum Gasteiger partial charge on any atom is -0.357 e. The Hall–Kier alpha value is -0.440. The van der Waals surface area contributed by atoms with Crippen LogP contribution in [0.4, 0.5) is 5.69 Å². The van der Waals surface area contributed by atoms with Gasteiger partial charge in [-0.15, -0.1) is 11.6 Å². The first-order valence-electron chi connectivity index (χ1n) is 4.08. The molecule has 1 aromatic rings. The number of nitrogens with one attached hydrogen (secondary N) is 2. The van der Waals surface area contributed by atoms with Gasteiger partial charge in [-0.25, -0.2) is 0 Å². The highest BCUT2D eigenvalue weighted by molar-refractivity contribution is 6.24. The van der Waals surface area contributed by atoms with Crippen molar-refractivity contribution in [3.8, 4) is 0 Å². The van der Waals surface area contributed by atoms with Gasteiger partial charge < -0.3 is 5.32 Å². The van der Waals surface area contributed by atoms with Crippen LogP contribution in [-0.4, -0.2) is 5.62 Å². The van der Waals surface area contributed by atoms with Gasteiger partial charge in [0.2, 0.25) is 0 Å². The molecule has 1 aromatic carbocycles. The Morgan fingerprint density at radius 3 is 2.85 bits per heavy atom. The van der Waals surface area contributed by atoms with Crippen LogP contribution >= 0.6 is 23.2 Å². The summed E-state index contributed by atoms with van der Waals surface area (Å²) in [6.07, 6.45) is 0. The average Bonchev–Trinajstić information content (AvgIpc) is 2.02. The van der Waals surface area contributed by atoms with Crippen molar-refractivity contribution >= 4 is 28.9 Å². The summed E-state index contributed by atoms with van der Waals surface area (Å²) in [4.78, 5) is 0. The number of anilines is 1. The Bertz CT molecular complexity index is 327.